The van der Waals surface area contributed by atoms with Crippen molar-refractivity contribution >= 4 is 18.1 Å². The zero-order chi connectivity index (χ0) is 9.30. The molecular weight excluding hydrogens is 200 g/mol. The molecule has 0 unspecified atom stereocenters. The lowest BCUT2D eigenvalue weighted by Crippen LogP contribution is -1.99. The summed E-state index contributed by atoms with van der Waals surface area (Å²) in [6, 6.07) is 0. The van der Waals surface area contributed by atoms with Crippen molar-refractivity contribution in [3.8, 4) is 0 Å². The first-order chi connectivity index (χ1) is 5.57. The van der Waals surface area contributed by atoms with Crippen LogP contribution >= 0.6 is 12.4 Å². The van der Waals surface area contributed by atoms with E-state index < -0.39 is 6.43 Å². The van der Waals surface area contributed by atoms with Crippen molar-refractivity contribution in [3.63, 3.8) is 0 Å². The van der Waals surface area contributed by atoms with Gasteiger partial charge in [0.15, 0.2) is 5.69 Å². The second-order valence-electron chi connectivity index (χ2n) is 2.50. The fraction of sp³-hybridized carbons (Fsp3) is 0.571. The van der Waals surface area contributed by atoms with E-state index in [2.05, 4.69) is 5.10 Å². The molecule has 3 nitrogen and oxygen atoms in total. The molecular formula is C7H12ClF2N3. The number of nitrogens with zero attached hydrogens (tertiary/aromatic N) is 2. The molecule has 1 rings (SSSR count). The van der Waals surface area contributed by atoms with Crippen LogP contribution in [0.15, 0.2) is 0 Å². The van der Waals surface area contributed by atoms with Crippen LogP contribution in [0.5, 0.6) is 0 Å². The smallest absolute Gasteiger partial charge is 0.284 e. The maximum absolute atomic E-state index is 12.2. The molecule has 76 valence electrons. The van der Waals surface area contributed by atoms with Gasteiger partial charge in [0.25, 0.3) is 6.43 Å². The average molecular weight is 212 g/mol. The number of hydrogen-bond acceptors (Lipinski definition) is 2. The van der Waals surface area contributed by atoms with Crippen LogP contribution in [0, 0.1) is 6.92 Å². The van der Waals surface area contributed by atoms with E-state index in [1.54, 1.807) is 6.92 Å². The van der Waals surface area contributed by atoms with E-state index in [0.29, 0.717) is 12.2 Å². The molecule has 0 aliphatic rings. The van der Waals surface area contributed by atoms with E-state index in [0.717, 1.165) is 0 Å². The zero-order valence-electron chi connectivity index (χ0n) is 7.42. The summed E-state index contributed by atoms with van der Waals surface area (Å²) >= 11 is 0. The number of halogens is 3. The monoisotopic (exact) mass is 211 g/mol. The normalized spacial score (nSPS) is 10.2. The Morgan fingerprint density at radius 3 is 2.31 bits per heavy atom. The summed E-state index contributed by atoms with van der Waals surface area (Å²) < 4.78 is 25.9. The molecule has 2 N–H and O–H groups in total. The average Bonchev–Trinajstić information content (AvgIpc) is 2.30. The second kappa shape index (κ2) is 4.41. The molecule has 13 heavy (non-hydrogen) atoms. The van der Waals surface area contributed by atoms with Gasteiger partial charge in [-0.15, -0.1) is 12.4 Å². The lowest BCUT2D eigenvalue weighted by molar-refractivity contribution is 0.146. The summed E-state index contributed by atoms with van der Waals surface area (Å²) in [7, 11) is 0. The van der Waals surface area contributed by atoms with E-state index in [1.165, 1.54) is 4.68 Å². The number of aromatic nitrogens is 2. The van der Waals surface area contributed by atoms with Crippen LogP contribution in [-0.2, 0) is 6.54 Å². The van der Waals surface area contributed by atoms with Crippen LogP contribution in [-0.4, -0.2) is 9.78 Å². The Kier molecular flexibility index (Phi) is 4.13. The molecule has 1 aromatic rings. The van der Waals surface area contributed by atoms with Crippen molar-refractivity contribution in [3.05, 3.63) is 11.4 Å². The van der Waals surface area contributed by atoms with E-state index in [4.69, 9.17) is 5.73 Å². The summed E-state index contributed by atoms with van der Waals surface area (Å²) in [5.74, 6) is 0. The Bertz CT molecular complexity index is 286. The number of alkyl halides is 2. The first-order valence-corrected chi connectivity index (χ1v) is 3.68. The molecule has 0 spiro atoms. The molecule has 0 radical (unpaired) electrons. The van der Waals surface area contributed by atoms with Crippen LogP contribution in [0.1, 0.15) is 24.7 Å². The largest absolute Gasteiger partial charge is 0.396 e. The van der Waals surface area contributed by atoms with Crippen LogP contribution in [0.25, 0.3) is 0 Å². The predicted molar refractivity (Wildman–Crippen MR) is 49.3 cm³/mol. The van der Waals surface area contributed by atoms with Crippen molar-refractivity contribution in [2.75, 3.05) is 5.73 Å². The standard InChI is InChI=1S/C7H11F2N3.ClH/c1-3-12-4(2)5(10)6(11-12)7(8)9;/h7H,3,10H2,1-2H3;1H. The lowest BCUT2D eigenvalue weighted by atomic mass is 10.3. The molecule has 1 heterocycles. The summed E-state index contributed by atoms with van der Waals surface area (Å²) in [6.07, 6.45) is -2.59. The maximum Gasteiger partial charge on any atom is 0.284 e. The number of anilines is 1. The highest BCUT2D eigenvalue weighted by molar-refractivity contribution is 5.85. The molecule has 0 aliphatic carbocycles. The number of nitrogen functional groups attached to an aromatic ring is 1. The Morgan fingerprint density at radius 1 is 1.54 bits per heavy atom. The van der Waals surface area contributed by atoms with Gasteiger partial charge in [0.2, 0.25) is 0 Å². The molecule has 0 aliphatic heterocycles. The van der Waals surface area contributed by atoms with Crippen molar-refractivity contribution in [1.82, 2.24) is 9.78 Å². The Hall–Kier alpha value is -0.840. The highest BCUT2D eigenvalue weighted by Gasteiger charge is 2.18. The van der Waals surface area contributed by atoms with Crippen molar-refractivity contribution in [2.24, 2.45) is 0 Å². The fourth-order valence-electron chi connectivity index (χ4n) is 1.05. The zero-order valence-corrected chi connectivity index (χ0v) is 8.24. The van der Waals surface area contributed by atoms with Crippen LogP contribution in [0.4, 0.5) is 14.5 Å². The summed E-state index contributed by atoms with van der Waals surface area (Å²) in [5.41, 5.74) is 5.81. The van der Waals surface area contributed by atoms with Gasteiger partial charge in [-0.2, -0.15) is 5.10 Å². The minimum absolute atomic E-state index is 0. The van der Waals surface area contributed by atoms with Gasteiger partial charge >= 0.3 is 0 Å². The van der Waals surface area contributed by atoms with Gasteiger partial charge in [-0.3, -0.25) is 4.68 Å². The van der Waals surface area contributed by atoms with Crippen LogP contribution in [0.3, 0.4) is 0 Å². The van der Waals surface area contributed by atoms with Gasteiger partial charge in [0.1, 0.15) is 0 Å². The molecule has 0 saturated heterocycles. The molecule has 6 heteroatoms. The maximum atomic E-state index is 12.2. The number of aryl methyl sites for hydroxylation is 1. The van der Waals surface area contributed by atoms with Gasteiger partial charge in [-0.05, 0) is 13.8 Å². The van der Waals surface area contributed by atoms with Gasteiger partial charge in [0.05, 0.1) is 11.4 Å². The summed E-state index contributed by atoms with van der Waals surface area (Å²) in [4.78, 5) is 0. The van der Waals surface area contributed by atoms with Crippen molar-refractivity contribution in [1.29, 1.82) is 0 Å². The highest BCUT2D eigenvalue weighted by atomic mass is 35.5. The molecule has 0 fully saturated rings. The van der Waals surface area contributed by atoms with Crippen LogP contribution in [0.2, 0.25) is 0 Å². The quantitative estimate of drug-likeness (QED) is 0.815. The Balaban J connectivity index is 0.00000144. The lowest BCUT2D eigenvalue weighted by Gasteiger charge is -1.96. The fourth-order valence-corrected chi connectivity index (χ4v) is 1.05. The topological polar surface area (TPSA) is 43.8 Å². The summed E-state index contributed by atoms with van der Waals surface area (Å²) in [6.45, 7) is 4.06. The van der Waals surface area contributed by atoms with E-state index in [9.17, 15) is 8.78 Å². The first kappa shape index (κ1) is 12.2. The van der Waals surface area contributed by atoms with Crippen molar-refractivity contribution in [2.45, 2.75) is 26.8 Å². The predicted octanol–water partition coefficient (Wildman–Crippen LogP) is 2.15. The van der Waals surface area contributed by atoms with Gasteiger partial charge < -0.3 is 5.73 Å². The molecule has 0 saturated carbocycles. The third-order valence-electron chi connectivity index (χ3n) is 1.79. The van der Waals surface area contributed by atoms with Crippen molar-refractivity contribution < 1.29 is 8.78 Å². The molecule has 1 aromatic heterocycles. The van der Waals surface area contributed by atoms with Gasteiger partial charge in [-0.25, -0.2) is 8.78 Å². The number of nitrogens with two attached hydrogens (primary N) is 1. The minimum atomic E-state index is -2.59. The molecule has 0 aromatic carbocycles. The van der Waals surface area contributed by atoms with Crippen LogP contribution < -0.4 is 5.73 Å². The molecule has 0 bridgehead atoms. The van der Waals surface area contributed by atoms with Gasteiger partial charge in [-0.1, -0.05) is 0 Å². The SMILES string of the molecule is CCn1nc(C(F)F)c(N)c1C.Cl. The molecule has 0 amide bonds. The Morgan fingerprint density at radius 2 is 2.08 bits per heavy atom. The minimum Gasteiger partial charge on any atom is -0.396 e. The second-order valence-corrected chi connectivity index (χ2v) is 2.50. The van der Waals surface area contributed by atoms with E-state index in [-0.39, 0.29) is 23.8 Å². The van der Waals surface area contributed by atoms with E-state index in [1.807, 2.05) is 6.92 Å². The first-order valence-electron chi connectivity index (χ1n) is 3.68. The van der Waals surface area contributed by atoms with Gasteiger partial charge in [0, 0.05) is 6.54 Å². The number of rotatable bonds is 2. The summed E-state index contributed by atoms with van der Waals surface area (Å²) in [5, 5.41) is 3.67. The molecule has 0 atom stereocenters. The third-order valence-corrected chi connectivity index (χ3v) is 1.79. The van der Waals surface area contributed by atoms with E-state index >= 15 is 0 Å². The Labute approximate surface area is 81.3 Å². The third kappa shape index (κ3) is 2.09. The highest BCUT2D eigenvalue weighted by Crippen LogP contribution is 2.25. The number of hydrogen-bond donors (Lipinski definition) is 1.